The van der Waals surface area contributed by atoms with Gasteiger partial charge in [-0.1, -0.05) is 0 Å². The number of aromatic nitrogens is 1. The van der Waals surface area contributed by atoms with Crippen LogP contribution in [0.3, 0.4) is 0 Å². The molecule has 0 aliphatic carbocycles. The van der Waals surface area contributed by atoms with Crippen molar-refractivity contribution >= 4 is 17.7 Å². The number of ether oxygens (including phenoxy) is 1. The van der Waals surface area contributed by atoms with Gasteiger partial charge in [0.2, 0.25) is 0 Å². The normalized spacial score (nSPS) is 10.1. The van der Waals surface area contributed by atoms with Crippen LogP contribution in [0.25, 0.3) is 0 Å². The van der Waals surface area contributed by atoms with Gasteiger partial charge in [0.05, 0.1) is 6.61 Å². The minimum absolute atomic E-state index is 0.0996. The number of carbonyl (C=O) groups is 3. The van der Waals surface area contributed by atoms with Crippen LogP contribution in [0.2, 0.25) is 0 Å². The molecule has 1 amide bonds. The van der Waals surface area contributed by atoms with Gasteiger partial charge in [0, 0.05) is 18.3 Å². The van der Waals surface area contributed by atoms with Gasteiger partial charge in [-0.05, 0) is 26.8 Å². The maximum atomic E-state index is 12.1. The number of Topliss-reactive ketones (excluding diaryl/α,β-unsaturated/α-hetero) is 1. The zero-order chi connectivity index (χ0) is 14.4. The van der Waals surface area contributed by atoms with E-state index in [1.165, 1.54) is 24.1 Å². The van der Waals surface area contributed by atoms with Crippen LogP contribution in [0.5, 0.6) is 0 Å². The fourth-order valence-corrected chi connectivity index (χ4v) is 1.58. The van der Waals surface area contributed by atoms with Crippen LogP contribution < -0.4 is 0 Å². The molecule has 0 atom stereocenters. The molecule has 0 aromatic carbocycles. The molecule has 0 spiro atoms. The quantitative estimate of drug-likeness (QED) is 0.620. The third-order valence-electron chi connectivity index (χ3n) is 2.61. The summed E-state index contributed by atoms with van der Waals surface area (Å²) in [6.45, 7) is 5.46. The van der Waals surface area contributed by atoms with E-state index >= 15 is 0 Å². The number of nitrogens with one attached hydrogen (secondary N) is 1. The summed E-state index contributed by atoms with van der Waals surface area (Å²) in [5.41, 5.74) is 0.729. The van der Waals surface area contributed by atoms with E-state index in [0.717, 1.165) is 0 Å². The fourth-order valence-electron chi connectivity index (χ4n) is 1.58. The third kappa shape index (κ3) is 3.94. The molecule has 104 valence electrons. The minimum atomic E-state index is -0.448. The van der Waals surface area contributed by atoms with Gasteiger partial charge >= 0.3 is 5.97 Å². The summed E-state index contributed by atoms with van der Waals surface area (Å²) in [6, 6.07) is 1.48. The molecule has 19 heavy (non-hydrogen) atoms. The molecular weight excluding hydrogens is 248 g/mol. The average Bonchev–Trinajstić information content (AvgIpc) is 2.85. The Labute approximate surface area is 111 Å². The lowest BCUT2D eigenvalue weighted by Gasteiger charge is -2.18. The lowest BCUT2D eigenvalue weighted by molar-refractivity contribution is -0.143. The largest absolute Gasteiger partial charge is 0.465 e. The second-order valence-corrected chi connectivity index (χ2v) is 3.98. The molecule has 6 heteroatoms. The second-order valence-electron chi connectivity index (χ2n) is 3.98. The molecule has 1 N–H and O–H groups in total. The number of rotatable bonds is 6. The highest BCUT2D eigenvalue weighted by Gasteiger charge is 2.19. The van der Waals surface area contributed by atoms with Gasteiger partial charge in [0.25, 0.3) is 5.91 Å². The molecule has 6 nitrogen and oxygen atoms in total. The molecule has 0 unspecified atom stereocenters. The Morgan fingerprint density at radius 2 is 2.00 bits per heavy atom. The average molecular weight is 266 g/mol. The molecule has 0 aliphatic rings. The summed E-state index contributed by atoms with van der Waals surface area (Å²) in [6.07, 6.45) is 1.48. The third-order valence-corrected chi connectivity index (χ3v) is 2.61. The van der Waals surface area contributed by atoms with Crippen LogP contribution in [0.1, 0.15) is 41.6 Å². The lowest BCUT2D eigenvalue weighted by Crippen LogP contribution is -2.36. The van der Waals surface area contributed by atoms with Crippen LogP contribution in [0, 0.1) is 0 Å². The van der Waals surface area contributed by atoms with Gasteiger partial charge in [0.15, 0.2) is 5.78 Å². The summed E-state index contributed by atoms with van der Waals surface area (Å²) in [5.74, 6) is -0.900. The van der Waals surface area contributed by atoms with E-state index in [1.54, 1.807) is 13.8 Å². The van der Waals surface area contributed by atoms with Crippen molar-refractivity contribution in [3.63, 3.8) is 0 Å². The van der Waals surface area contributed by atoms with Crippen molar-refractivity contribution in [2.75, 3.05) is 19.7 Å². The lowest BCUT2D eigenvalue weighted by atomic mass is 10.2. The number of aromatic amines is 1. The van der Waals surface area contributed by atoms with E-state index in [1.807, 2.05) is 0 Å². The topological polar surface area (TPSA) is 79.5 Å². The SMILES string of the molecule is CCOC(=O)CN(CC)C(=O)c1cc(C(C)=O)c[nH]1. The number of esters is 1. The van der Waals surface area contributed by atoms with Crippen molar-refractivity contribution < 1.29 is 19.1 Å². The summed E-state index contributed by atoms with van der Waals surface area (Å²) in [7, 11) is 0. The van der Waals surface area contributed by atoms with E-state index in [-0.39, 0.29) is 30.5 Å². The Bertz CT molecular complexity index is 479. The van der Waals surface area contributed by atoms with Gasteiger partial charge in [-0.25, -0.2) is 0 Å². The van der Waals surface area contributed by atoms with Crippen LogP contribution >= 0.6 is 0 Å². The Morgan fingerprint density at radius 1 is 1.32 bits per heavy atom. The van der Waals surface area contributed by atoms with Crippen molar-refractivity contribution in [1.82, 2.24) is 9.88 Å². The van der Waals surface area contributed by atoms with Crippen LogP contribution in [0.4, 0.5) is 0 Å². The first kappa shape index (κ1) is 14.9. The Morgan fingerprint density at radius 3 is 2.47 bits per heavy atom. The number of likely N-dealkylation sites (N-methyl/N-ethyl adjacent to an activating group) is 1. The highest BCUT2D eigenvalue weighted by Crippen LogP contribution is 2.08. The molecule has 1 aromatic rings. The molecule has 0 saturated heterocycles. The fraction of sp³-hybridized carbons (Fsp3) is 0.462. The van der Waals surface area contributed by atoms with E-state index in [0.29, 0.717) is 12.1 Å². The first-order valence-electron chi connectivity index (χ1n) is 6.13. The van der Waals surface area contributed by atoms with Gasteiger partial charge in [0.1, 0.15) is 12.2 Å². The van der Waals surface area contributed by atoms with Crippen LogP contribution in [-0.2, 0) is 9.53 Å². The first-order valence-corrected chi connectivity index (χ1v) is 6.13. The smallest absolute Gasteiger partial charge is 0.325 e. The van der Waals surface area contributed by atoms with E-state index in [9.17, 15) is 14.4 Å². The summed E-state index contributed by atoms with van der Waals surface area (Å²) in [4.78, 5) is 38.8. The van der Waals surface area contributed by atoms with E-state index in [4.69, 9.17) is 4.74 Å². The standard InChI is InChI=1S/C13H18N2O4/c1-4-15(8-12(17)19-5-2)13(18)11-6-10(7-14-11)9(3)16/h6-7,14H,4-5,8H2,1-3H3. The molecule has 1 heterocycles. The molecule has 0 aliphatic heterocycles. The van der Waals surface area contributed by atoms with Gasteiger partial charge < -0.3 is 14.6 Å². The maximum absolute atomic E-state index is 12.1. The maximum Gasteiger partial charge on any atom is 0.325 e. The van der Waals surface area contributed by atoms with Crippen LogP contribution in [0.15, 0.2) is 12.3 Å². The summed E-state index contributed by atoms with van der Waals surface area (Å²) >= 11 is 0. The van der Waals surface area contributed by atoms with Crippen molar-refractivity contribution in [3.05, 3.63) is 23.5 Å². The number of ketones is 1. The van der Waals surface area contributed by atoms with Crippen molar-refractivity contribution in [3.8, 4) is 0 Å². The number of amides is 1. The van der Waals surface area contributed by atoms with Gasteiger partial charge in [-0.3, -0.25) is 14.4 Å². The van der Waals surface area contributed by atoms with E-state index < -0.39 is 5.97 Å². The second kappa shape index (κ2) is 6.72. The summed E-state index contributed by atoms with van der Waals surface area (Å²) in [5, 5.41) is 0. The minimum Gasteiger partial charge on any atom is -0.465 e. The molecular formula is C13H18N2O4. The van der Waals surface area contributed by atoms with E-state index in [2.05, 4.69) is 4.98 Å². The van der Waals surface area contributed by atoms with Crippen molar-refractivity contribution in [1.29, 1.82) is 0 Å². The first-order chi connectivity index (χ1) is 8.99. The Kier molecular flexibility index (Phi) is 5.29. The number of H-pyrrole nitrogens is 1. The summed E-state index contributed by atoms with van der Waals surface area (Å²) < 4.78 is 4.81. The molecule has 0 bridgehead atoms. The monoisotopic (exact) mass is 266 g/mol. The Hall–Kier alpha value is -2.11. The van der Waals surface area contributed by atoms with Gasteiger partial charge in [-0.15, -0.1) is 0 Å². The molecule has 0 fully saturated rings. The highest BCUT2D eigenvalue weighted by atomic mass is 16.5. The molecule has 0 radical (unpaired) electrons. The highest BCUT2D eigenvalue weighted by molar-refractivity contribution is 5.99. The number of carbonyl (C=O) groups excluding carboxylic acids is 3. The molecule has 1 aromatic heterocycles. The zero-order valence-electron chi connectivity index (χ0n) is 11.4. The Balaban J connectivity index is 2.77. The molecule has 1 rings (SSSR count). The van der Waals surface area contributed by atoms with Crippen molar-refractivity contribution in [2.45, 2.75) is 20.8 Å². The predicted octanol–water partition coefficient (Wildman–Crippen LogP) is 1.24. The zero-order valence-corrected chi connectivity index (χ0v) is 11.4. The van der Waals surface area contributed by atoms with Crippen molar-refractivity contribution in [2.24, 2.45) is 0 Å². The van der Waals surface area contributed by atoms with Crippen LogP contribution in [-0.4, -0.2) is 47.2 Å². The number of hydrogen-bond donors (Lipinski definition) is 1. The number of hydrogen-bond acceptors (Lipinski definition) is 4. The number of nitrogens with zero attached hydrogens (tertiary/aromatic N) is 1. The van der Waals surface area contributed by atoms with Gasteiger partial charge in [-0.2, -0.15) is 0 Å². The molecule has 0 saturated carbocycles. The predicted molar refractivity (Wildman–Crippen MR) is 69.0 cm³/mol.